The third kappa shape index (κ3) is 4.24. The van der Waals surface area contributed by atoms with E-state index < -0.39 is 0 Å². The number of carbonyl (C=O) groups excluding carboxylic acids is 1. The van der Waals surface area contributed by atoms with Crippen molar-refractivity contribution in [3.8, 4) is 17.2 Å². The highest BCUT2D eigenvalue weighted by Crippen LogP contribution is 2.36. The Morgan fingerprint density at radius 2 is 1.68 bits per heavy atom. The molecule has 1 N–H and O–H groups in total. The summed E-state index contributed by atoms with van der Waals surface area (Å²) in [7, 11) is 4.76. The molecule has 2 heterocycles. The molecule has 1 aliphatic heterocycles. The van der Waals surface area contributed by atoms with Gasteiger partial charge in [0.2, 0.25) is 5.91 Å². The first-order valence-corrected chi connectivity index (χ1v) is 10.5. The fraction of sp³-hybridized carbons (Fsp3) is 0.320. The number of hydrogen-bond donors (Lipinski definition) is 1. The van der Waals surface area contributed by atoms with Crippen LogP contribution in [0.2, 0.25) is 0 Å². The van der Waals surface area contributed by atoms with Gasteiger partial charge in [-0.2, -0.15) is 0 Å². The first-order chi connectivity index (χ1) is 15.1. The lowest BCUT2D eigenvalue weighted by Crippen LogP contribution is -2.36. The fourth-order valence-corrected chi connectivity index (χ4v) is 4.29. The molecule has 6 nitrogen and oxygen atoms in total. The van der Waals surface area contributed by atoms with Crippen molar-refractivity contribution in [1.82, 2.24) is 9.88 Å². The Morgan fingerprint density at radius 1 is 1.00 bits per heavy atom. The van der Waals surface area contributed by atoms with Crippen molar-refractivity contribution in [2.45, 2.75) is 18.8 Å². The van der Waals surface area contributed by atoms with E-state index in [2.05, 4.69) is 29.4 Å². The van der Waals surface area contributed by atoms with E-state index in [1.54, 1.807) is 39.5 Å². The van der Waals surface area contributed by atoms with Gasteiger partial charge in [-0.05, 0) is 42.5 Å². The van der Waals surface area contributed by atoms with E-state index in [1.807, 2.05) is 17.0 Å². The van der Waals surface area contributed by atoms with Gasteiger partial charge in [0.05, 0.1) is 21.3 Å². The van der Waals surface area contributed by atoms with Crippen molar-refractivity contribution in [2.24, 2.45) is 0 Å². The van der Waals surface area contributed by atoms with Crippen LogP contribution in [0.4, 0.5) is 0 Å². The van der Waals surface area contributed by atoms with Gasteiger partial charge in [0, 0.05) is 47.9 Å². The van der Waals surface area contributed by atoms with Crippen molar-refractivity contribution in [3.05, 3.63) is 59.8 Å². The third-order valence-corrected chi connectivity index (χ3v) is 6.01. The van der Waals surface area contributed by atoms with Gasteiger partial charge in [-0.1, -0.05) is 18.2 Å². The van der Waals surface area contributed by atoms with Crippen LogP contribution in [-0.4, -0.2) is 50.2 Å². The second-order valence-corrected chi connectivity index (χ2v) is 7.67. The van der Waals surface area contributed by atoms with Crippen LogP contribution in [0.25, 0.3) is 17.0 Å². The number of fused-ring (bicyclic) bond motifs is 1. The Balaban J connectivity index is 1.43. The maximum atomic E-state index is 12.8. The van der Waals surface area contributed by atoms with Crippen LogP contribution in [0.3, 0.4) is 0 Å². The molecule has 1 saturated heterocycles. The van der Waals surface area contributed by atoms with Crippen LogP contribution in [0.1, 0.15) is 29.9 Å². The number of aromatic nitrogens is 1. The maximum absolute atomic E-state index is 12.8. The zero-order valence-electron chi connectivity index (χ0n) is 18.2. The highest BCUT2D eigenvalue weighted by Gasteiger charge is 2.24. The second-order valence-electron chi connectivity index (χ2n) is 7.67. The summed E-state index contributed by atoms with van der Waals surface area (Å²) in [5.41, 5.74) is 3.29. The Kier molecular flexibility index (Phi) is 6.16. The number of ether oxygens (including phenoxy) is 3. The minimum Gasteiger partial charge on any atom is -0.496 e. The minimum atomic E-state index is 0.00853. The van der Waals surface area contributed by atoms with Crippen molar-refractivity contribution in [1.29, 1.82) is 0 Å². The molecule has 1 fully saturated rings. The molecule has 162 valence electrons. The van der Waals surface area contributed by atoms with E-state index >= 15 is 0 Å². The summed E-state index contributed by atoms with van der Waals surface area (Å²) >= 11 is 0. The number of rotatable bonds is 6. The number of para-hydroxylation sites is 1. The molecule has 0 unspecified atom stereocenters. The van der Waals surface area contributed by atoms with E-state index in [0.29, 0.717) is 23.2 Å². The van der Waals surface area contributed by atoms with E-state index in [-0.39, 0.29) is 5.91 Å². The number of methoxy groups -OCH3 is 3. The Bertz CT molecular complexity index is 1090. The highest BCUT2D eigenvalue weighted by molar-refractivity contribution is 5.92. The first-order valence-electron chi connectivity index (χ1n) is 10.5. The number of nitrogens with one attached hydrogen (secondary N) is 1. The van der Waals surface area contributed by atoms with Gasteiger partial charge in [-0.3, -0.25) is 4.79 Å². The quantitative estimate of drug-likeness (QED) is 0.592. The van der Waals surface area contributed by atoms with Crippen LogP contribution in [-0.2, 0) is 4.79 Å². The van der Waals surface area contributed by atoms with Crippen molar-refractivity contribution in [3.63, 3.8) is 0 Å². The molecule has 1 aliphatic rings. The number of amides is 1. The van der Waals surface area contributed by atoms with Crippen LogP contribution in [0, 0.1) is 0 Å². The summed E-state index contributed by atoms with van der Waals surface area (Å²) in [5, 5.41) is 1.28. The van der Waals surface area contributed by atoms with E-state index in [1.165, 1.54) is 16.5 Å². The second kappa shape index (κ2) is 9.16. The molecule has 1 amide bonds. The summed E-state index contributed by atoms with van der Waals surface area (Å²) in [4.78, 5) is 18.1. The van der Waals surface area contributed by atoms with Gasteiger partial charge < -0.3 is 24.1 Å². The molecule has 0 spiro atoms. The monoisotopic (exact) mass is 420 g/mol. The summed E-state index contributed by atoms with van der Waals surface area (Å²) < 4.78 is 16.1. The largest absolute Gasteiger partial charge is 0.496 e. The van der Waals surface area contributed by atoms with Crippen LogP contribution < -0.4 is 14.2 Å². The van der Waals surface area contributed by atoms with E-state index in [4.69, 9.17) is 14.2 Å². The minimum absolute atomic E-state index is 0.00853. The predicted octanol–water partition coefficient (Wildman–Crippen LogP) is 4.61. The van der Waals surface area contributed by atoms with Gasteiger partial charge in [-0.15, -0.1) is 0 Å². The molecule has 0 bridgehead atoms. The van der Waals surface area contributed by atoms with Crippen molar-refractivity contribution >= 4 is 22.9 Å². The number of likely N-dealkylation sites (tertiary alicyclic amines) is 1. The number of carbonyl (C=O) groups is 1. The van der Waals surface area contributed by atoms with Gasteiger partial charge >= 0.3 is 0 Å². The molecule has 3 aromatic rings. The Morgan fingerprint density at radius 3 is 2.39 bits per heavy atom. The molecule has 2 aromatic carbocycles. The lowest BCUT2D eigenvalue weighted by Gasteiger charge is -2.31. The fourth-order valence-electron chi connectivity index (χ4n) is 4.29. The Hall–Kier alpha value is -3.41. The predicted molar refractivity (Wildman–Crippen MR) is 122 cm³/mol. The lowest BCUT2D eigenvalue weighted by atomic mass is 9.89. The van der Waals surface area contributed by atoms with Gasteiger partial charge in [0.1, 0.15) is 5.75 Å². The summed E-state index contributed by atoms with van der Waals surface area (Å²) in [6, 6.07) is 12.0. The van der Waals surface area contributed by atoms with E-state index in [0.717, 1.165) is 31.5 Å². The standard InChI is InChI=1S/C25H28N2O4/c1-29-22-15-24(31-3)23(30-2)14-18(22)8-9-25(28)27-12-10-17(11-13-27)20-16-26-21-7-5-4-6-19(20)21/h4-9,14-17,26H,10-13H2,1-3H3/b9-8+. The first kappa shape index (κ1) is 20.8. The van der Waals surface area contributed by atoms with Gasteiger partial charge in [0.25, 0.3) is 0 Å². The SMILES string of the molecule is COc1cc(OC)c(OC)cc1/C=C/C(=O)N1CCC(c2c[nH]c3ccccc23)CC1. The Labute approximate surface area is 182 Å². The summed E-state index contributed by atoms with van der Waals surface area (Å²) in [6.45, 7) is 1.49. The highest BCUT2D eigenvalue weighted by atomic mass is 16.5. The smallest absolute Gasteiger partial charge is 0.246 e. The molecule has 6 heteroatoms. The van der Waals surface area contributed by atoms with E-state index in [9.17, 15) is 4.79 Å². The number of aromatic amines is 1. The molecule has 4 rings (SSSR count). The number of piperidine rings is 1. The van der Waals surface area contributed by atoms with Gasteiger partial charge in [-0.25, -0.2) is 0 Å². The average Bonchev–Trinajstić information content (AvgIpc) is 3.26. The number of hydrogen-bond acceptors (Lipinski definition) is 4. The third-order valence-electron chi connectivity index (χ3n) is 6.01. The lowest BCUT2D eigenvalue weighted by molar-refractivity contribution is -0.126. The molecule has 31 heavy (non-hydrogen) atoms. The molecular formula is C25H28N2O4. The zero-order valence-corrected chi connectivity index (χ0v) is 18.2. The van der Waals surface area contributed by atoms with Gasteiger partial charge in [0.15, 0.2) is 11.5 Å². The average molecular weight is 421 g/mol. The molecule has 1 aromatic heterocycles. The number of nitrogens with zero attached hydrogens (tertiary/aromatic N) is 1. The molecule has 0 saturated carbocycles. The molecule has 0 radical (unpaired) electrons. The van der Waals surface area contributed by atoms with Crippen molar-refractivity contribution in [2.75, 3.05) is 34.4 Å². The molecule has 0 atom stereocenters. The maximum Gasteiger partial charge on any atom is 0.246 e. The molecule has 0 aliphatic carbocycles. The topological polar surface area (TPSA) is 63.8 Å². The zero-order chi connectivity index (χ0) is 21.8. The van der Waals surface area contributed by atoms with Crippen LogP contribution in [0.15, 0.2) is 48.7 Å². The number of benzene rings is 2. The normalized spacial score (nSPS) is 14.9. The summed E-state index contributed by atoms with van der Waals surface area (Å²) in [5.74, 6) is 2.28. The number of H-pyrrole nitrogens is 1. The summed E-state index contributed by atoms with van der Waals surface area (Å²) in [6.07, 6.45) is 7.42. The molecular weight excluding hydrogens is 392 g/mol. The van der Waals surface area contributed by atoms with Crippen LogP contribution >= 0.6 is 0 Å². The van der Waals surface area contributed by atoms with Crippen molar-refractivity contribution < 1.29 is 19.0 Å². The van der Waals surface area contributed by atoms with Crippen LogP contribution in [0.5, 0.6) is 17.2 Å².